The van der Waals surface area contributed by atoms with Crippen LogP contribution in [-0.4, -0.2) is 4.98 Å². The molecule has 0 saturated heterocycles. The molecule has 2 aromatic rings. The third-order valence-corrected chi connectivity index (χ3v) is 3.83. The first kappa shape index (κ1) is 12.5. The van der Waals surface area contributed by atoms with Crippen molar-refractivity contribution in [1.82, 2.24) is 4.98 Å². The molecule has 0 spiro atoms. The van der Waals surface area contributed by atoms with E-state index in [9.17, 15) is 4.39 Å². The molecule has 2 nitrogen and oxygen atoms in total. The summed E-state index contributed by atoms with van der Waals surface area (Å²) in [7, 11) is 0. The molecule has 5 heteroatoms. The fraction of sp³-hybridized carbons (Fsp3) is 0.250. The van der Waals surface area contributed by atoms with E-state index in [1.807, 2.05) is 11.4 Å². The second kappa shape index (κ2) is 5.60. The summed E-state index contributed by atoms with van der Waals surface area (Å²) in [5.41, 5.74) is 1.45. The van der Waals surface area contributed by atoms with Gasteiger partial charge in [0.25, 0.3) is 0 Å². The van der Waals surface area contributed by atoms with Gasteiger partial charge in [0.05, 0.1) is 22.9 Å². The maximum Gasteiger partial charge on any atom is 0.147 e. The van der Waals surface area contributed by atoms with Gasteiger partial charge in [-0.2, -0.15) is 0 Å². The van der Waals surface area contributed by atoms with Gasteiger partial charge in [-0.25, -0.2) is 9.37 Å². The highest BCUT2D eigenvalue weighted by Gasteiger charge is 2.04. The normalized spacial score (nSPS) is 10.5. The summed E-state index contributed by atoms with van der Waals surface area (Å²) in [5, 5.41) is 6.15. The van der Waals surface area contributed by atoms with Crippen molar-refractivity contribution < 1.29 is 4.39 Å². The number of nitrogens with one attached hydrogen (secondary N) is 1. The van der Waals surface area contributed by atoms with Crippen molar-refractivity contribution in [3.63, 3.8) is 0 Å². The molecule has 1 aromatic carbocycles. The molecular formula is C12H12BrFN2S. The number of hydrogen-bond acceptors (Lipinski definition) is 3. The molecule has 0 aliphatic heterocycles. The van der Waals surface area contributed by atoms with Crippen LogP contribution >= 0.6 is 27.3 Å². The molecule has 0 atom stereocenters. The largest absolute Gasteiger partial charge is 0.377 e. The van der Waals surface area contributed by atoms with E-state index in [0.717, 1.165) is 21.6 Å². The first-order valence-corrected chi connectivity index (χ1v) is 6.98. The predicted octanol–water partition coefficient (Wildman–Crippen LogP) is 4.22. The smallest absolute Gasteiger partial charge is 0.147 e. The maximum atomic E-state index is 13.5. The van der Waals surface area contributed by atoms with Gasteiger partial charge in [-0.15, -0.1) is 11.3 Å². The zero-order valence-corrected chi connectivity index (χ0v) is 11.7. The van der Waals surface area contributed by atoms with Gasteiger partial charge in [0, 0.05) is 9.85 Å². The topological polar surface area (TPSA) is 24.9 Å². The molecule has 0 unspecified atom stereocenters. The summed E-state index contributed by atoms with van der Waals surface area (Å²) >= 11 is 4.87. The highest BCUT2D eigenvalue weighted by molar-refractivity contribution is 9.10. The minimum atomic E-state index is -0.259. The van der Waals surface area contributed by atoms with Crippen LogP contribution in [0.4, 0.5) is 10.1 Å². The van der Waals surface area contributed by atoms with Crippen LogP contribution in [0.3, 0.4) is 0 Å². The minimum absolute atomic E-state index is 0.259. The number of thiazole rings is 1. The summed E-state index contributed by atoms with van der Waals surface area (Å²) < 4.78 is 14.3. The SMILES string of the molecule is CCc1nc(CNc2ccc(Br)cc2F)cs1. The first-order chi connectivity index (χ1) is 8.19. The van der Waals surface area contributed by atoms with Crippen molar-refractivity contribution in [2.24, 2.45) is 0 Å². The number of aryl methyl sites for hydroxylation is 1. The highest BCUT2D eigenvalue weighted by atomic mass is 79.9. The standard InChI is InChI=1S/C12H12BrFN2S/c1-2-12-16-9(7-17-12)6-15-11-4-3-8(13)5-10(11)14/h3-5,7,15H,2,6H2,1H3. The summed E-state index contributed by atoms with van der Waals surface area (Å²) in [6.45, 7) is 2.62. The zero-order chi connectivity index (χ0) is 12.3. The molecule has 1 heterocycles. The number of aromatic nitrogens is 1. The minimum Gasteiger partial charge on any atom is -0.377 e. The molecule has 90 valence electrons. The number of anilines is 1. The van der Waals surface area contributed by atoms with Crippen molar-refractivity contribution in [3.05, 3.63) is 44.6 Å². The highest BCUT2D eigenvalue weighted by Crippen LogP contribution is 2.20. The van der Waals surface area contributed by atoms with Crippen molar-refractivity contribution in [1.29, 1.82) is 0 Å². The van der Waals surface area contributed by atoms with Crippen LogP contribution < -0.4 is 5.32 Å². The summed E-state index contributed by atoms with van der Waals surface area (Å²) in [5.74, 6) is -0.259. The average molecular weight is 315 g/mol. The fourth-order valence-electron chi connectivity index (χ4n) is 1.41. The van der Waals surface area contributed by atoms with Crippen molar-refractivity contribution in [2.45, 2.75) is 19.9 Å². The molecule has 0 fully saturated rings. The molecule has 0 radical (unpaired) electrons. The zero-order valence-electron chi connectivity index (χ0n) is 9.34. The molecule has 0 saturated carbocycles. The lowest BCUT2D eigenvalue weighted by molar-refractivity contribution is 0.629. The van der Waals surface area contributed by atoms with E-state index in [0.29, 0.717) is 12.2 Å². The van der Waals surface area contributed by atoms with E-state index in [1.165, 1.54) is 6.07 Å². The van der Waals surface area contributed by atoms with Crippen molar-refractivity contribution in [2.75, 3.05) is 5.32 Å². The Bertz CT molecular complexity index is 513. The Balaban J connectivity index is 2.02. The van der Waals surface area contributed by atoms with Gasteiger partial charge in [-0.1, -0.05) is 22.9 Å². The number of nitrogens with zero attached hydrogens (tertiary/aromatic N) is 1. The van der Waals surface area contributed by atoms with Gasteiger partial charge in [0.15, 0.2) is 0 Å². The molecule has 0 bridgehead atoms. The Hall–Kier alpha value is -0.940. The quantitative estimate of drug-likeness (QED) is 0.914. The van der Waals surface area contributed by atoms with Gasteiger partial charge in [0.2, 0.25) is 0 Å². The Morgan fingerprint density at radius 3 is 2.94 bits per heavy atom. The van der Waals surface area contributed by atoms with Crippen molar-refractivity contribution >= 4 is 33.0 Å². The Morgan fingerprint density at radius 2 is 2.29 bits per heavy atom. The van der Waals surface area contributed by atoms with Crippen LogP contribution in [0, 0.1) is 5.82 Å². The Morgan fingerprint density at radius 1 is 1.47 bits per heavy atom. The summed E-state index contributed by atoms with van der Waals surface area (Å²) in [4.78, 5) is 4.42. The second-order valence-corrected chi connectivity index (χ2v) is 5.42. The van der Waals surface area contributed by atoms with E-state index in [2.05, 4.69) is 33.2 Å². The number of halogens is 2. The predicted molar refractivity (Wildman–Crippen MR) is 72.9 cm³/mol. The van der Waals surface area contributed by atoms with Crippen LogP contribution in [0.25, 0.3) is 0 Å². The number of hydrogen-bond donors (Lipinski definition) is 1. The van der Waals surface area contributed by atoms with E-state index >= 15 is 0 Å². The molecule has 2 rings (SSSR count). The van der Waals surface area contributed by atoms with Crippen LogP contribution in [0.15, 0.2) is 28.1 Å². The molecule has 0 aliphatic rings. The van der Waals surface area contributed by atoms with E-state index in [4.69, 9.17) is 0 Å². The van der Waals surface area contributed by atoms with Crippen molar-refractivity contribution in [3.8, 4) is 0 Å². The Labute approximate surface area is 112 Å². The second-order valence-electron chi connectivity index (χ2n) is 3.56. The summed E-state index contributed by atoms with van der Waals surface area (Å²) in [6.07, 6.45) is 0.942. The monoisotopic (exact) mass is 314 g/mol. The molecule has 17 heavy (non-hydrogen) atoms. The van der Waals surface area contributed by atoms with Gasteiger partial charge in [-0.05, 0) is 24.6 Å². The van der Waals surface area contributed by atoms with Crippen LogP contribution in [0.2, 0.25) is 0 Å². The number of benzene rings is 1. The molecule has 1 aromatic heterocycles. The Kier molecular flexibility index (Phi) is 4.12. The van der Waals surface area contributed by atoms with Crippen LogP contribution in [0.5, 0.6) is 0 Å². The lowest BCUT2D eigenvalue weighted by Gasteiger charge is -2.05. The molecular weight excluding hydrogens is 303 g/mol. The fourth-order valence-corrected chi connectivity index (χ4v) is 2.49. The third kappa shape index (κ3) is 3.26. The lowest BCUT2D eigenvalue weighted by Crippen LogP contribution is -2.01. The van der Waals surface area contributed by atoms with Gasteiger partial charge in [-0.3, -0.25) is 0 Å². The third-order valence-electron chi connectivity index (χ3n) is 2.29. The maximum absolute atomic E-state index is 13.5. The van der Waals surface area contributed by atoms with Gasteiger partial charge >= 0.3 is 0 Å². The number of rotatable bonds is 4. The molecule has 0 amide bonds. The molecule has 0 aliphatic carbocycles. The van der Waals surface area contributed by atoms with E-state index in [-0.39, 0.29) is 5.82 Å². The summed E-state index contributed by atoms with van der Waals surface area (Å²) in [6, 6.07) is 4.97. The van der Waals surface area contributed by atoms with Crippen LogP contribution in [-0.2, 0) is 13.0 Å². The average Bonchev–Trinajstić information content (AvgIpc) is 2.76. The van der Waals surface area contributed by atoms with Gasteiger partial charge < -0.3 is 5.32 Å². The first-order valence-electron chi connectivity index (χ1n) is 5.31. The van der Waals surface area contributed by atoms with E-state index in [1.54, 1.807) is 17.4 Å². The van der Waals surface area contributed by atoms with Crippen LogP contribution in [0.1, 0.15) is 17.6 Å². The molecule has 1 N–H and O–H groups in total. The van der Waals surface area contributed by atoms with E-state index < -0.39 is 0 Å². The van der Waals surface area contributed by atoms with Gasteiger partial charge in [0.1, 0.15) is 5.82 Å². The lowest BCUT2D eigenvalue weighted by atomic mass is 10.3.